The maximum absolute atomic E-state index is 6.08. The lowest BCUT2D eigenvalue weighted by atomic mass is 10.0. The molecule has 0 atom stereocenters. The van der Waals surface area contributed by atoms with Crippen LogP contribution < -0.4 is 0 Å². The Bertz CT molecular complexity index is 217. The molecule has 3 nitrogen and oxygen atoms in total. The Labute approximate surface area is 102 Å². The predicted molar refractivity (Wildman–Crippen MR) is 73.0 cm³/mol. The van der Waals surface area contributed by atoms with E-state index in [1.54, 1.807) is 0 Å². The molecule has 1 heterocycles. The van der Waals surface area contributed by atoms with Crippen LogP contribution in [0.4, 0.5) is 0 Å². The molecule has 0 unspecified atom stereocenters. The maximum atomic E-state index is 6.08. The fraction of sp³-hybridized carbons (Fsp3) is 0.917. The van der Waals surface area contributed by atoms with Crippen LogP contribution in [0.15, 0.2) is 4.99 Å². The molecule has 0 aliphatic carbocycles. The number of rotatable bonds is 8. The van der Waals surface area contributed by atoms with Crippen LogP contribution in [0.1, 0.15) is 40.0 Å². The largest absolute Gasteiger partial charge is 0.419 e. The normalized spacial score (nSPS) is 16.8. The van der Waals surface area contributed by atoms with Crippen molar-refractivity contribution in [2.24, 2.45) is 4.99 Å². The lowest BCUT2D eigenvalue weighted by Crippen LogP contribution is -2.29. The summed E-state index contributed by atoms with van der Waals surface area (Å²) in [4.78, 5) is 6.52. The summed E-state index contributed by atoms with van der Waals surface area (Å²) in [6.45, 7) is 9.95. The first-order valence-electron chi connectivity index (χ1n) is 6.58. The molecule has 0 N–H and O–H groups in total. The smallest absolute Gasteiger partial charge is 0.162 e. The fourth-order valence-corrected chi connectivity index (χ4v) is 3.25. The molecule has 0 aromatic rings. The van der Waals surface area contributed by atoms with Crippen molar-refractivity contribution in [3.05, 3.63) is 0 Å². The molecule has 0 fully saturated rings. The minimum Gasteiger partial charge on any atom is -0.419 e. The van der Waals surface area contributed by atoms with Crippen molar-refractivity contribution in [2.75, 3.05) is 19.6 Å². The van der Waals surface area contributed by atoms with Gasteiger partial charge in [0.1, 0.15) is 0 Å². The molecule has 0 bridgehead atoms. The average molecular weight is 242 g/mol. The molecule has 0 saturated heterocycles. The third kappa shape index (κ3) is 4.66. The molecule has 0 saturated carbocycles. The minimum atomic E-state index is -0.324. The third-order valence-electron chi connectivity index (χ3n) is 3.55. The quantitative estimate of drug-likeness (QED) is 0.479. The van der Waals surface area contributed by atoms with E-state index in [1.807, 2.05) is 6.34 Å². The second-order valence-electron chi connectivity index (χ2n) is 4.77. The van der Waals surface area contributed by atoms with E-state index < -0.39 is 0 Å². The van der Waals surface area contributed by atoms with Gasteiger partial charge >= 0.3 is 0 Å². The van der Waals surface area contributed by atoms with Crippen LogP contribution in [0.5, 0.6) is 0 Å². The molecule has 1 aliphatic heterocycles. The van der Waals surface area contributed by atoms with E-state index in [0.29, 0.717) is 0 Å². The standard InChI is InChI=1S/C12H26N2OSi/c1-4-12(3,5-2)15-16-10-6-8-14-9-7-13-11-14/h11H,4-10,16H2,1-3H3. The number of nitrogens with zero attached hydrogens (tertiary/aromatic N) is 2. The summed E-state index contributed by atoms with van der Waals surface area (Å²) in [6.07, 6.45) is 5.52. The van der Waals surface area contributed by atoms with Gasteiger partial charge in [0, 0.05) is 13.1 Å². The van der Waals surface area contributed by atoms with E-state index >= 15 is 0 Å². The molecule has 0 radical (unpaired) electrons. The summed E-state index contributed by atoms with van der Waals surface area (Å²) in [7, 11) is -0.324. The van der Waals surface area contributed by atoms with Crippen molar-refractivity contribution in [1.82, 2.24) is 4.90 Å². The zero-order valence-electron chi connectivity index (χ0n) is 11.0. The monoisotopic (exact) mass is 242 g/mol. The van der Waals surface area contributed by atoms with Gasteiger partial charge in [0.15, 0.2) is 9.76 Å². The van der Waals surface area contributed by atoms with E-state index in [1.165, 1.54) is 12.5 Å². The number of hydrogen-bond donors (Lipinski definition) is 0. The molecular formula is C12H26N2OSi. The first kappa shape index (κ1) is 13.7. The first-order chi connectivity index (χ1) is 7.70. The molecule has 94 valence electrons. The number of hydrogen-bond acceptors (Lipinski definition) is 3. The van der Waals surface area contributed by atoms with Crippen LogP contribution in [0.2, 0.25) is 6.04 Å². The van der Waals surface area contributed by atoms with Crippen LogP contribution in [0.3, 0.4) is 0 Å². The van der Waals surface area contributed by atoms with Gasteiger partial charge in [-0.2, -0.15) is 0 Å². The van der Waals surface area contributed by atoms with E-state index in [-0.39, 0.29) is 15.4 Å². The second kappa shape index (κ2) is 7.07. The van der Waals surface area contributed by atoms with Gasteiger partial charge in [-0.15, -0.1) is 0 Å². The summed E-state index contributed by atoms with van der Waals surface area (Å²) >= 11 is 0. The van der Waals surface area contributed by atoms with Gasteiger partial charge in [0.2, 0.25) is 0 Å². The molecule has 1 aliphatic rings. The molecular weight excluding hydrogens is 216 g/mol. The molecule has 0 aromatic carbocycles. The van der Waals surface area contributed by atoms with Gasteiger partial charge in [0.25, 0.3) is 0 Å². The first-order valence-corrected chi connectivity index (χ1v) is 8.16. The molecule has 16 heavy (non-hydrogen) atoms. The Hall–Kier alpha value is -0.353. The summed E-state index contributed by atoms with van der Waals surface area (Å²) in [6, 6.07) is 1.29. The van der Waals surface area contributed by atoms with Crippen LogP contribution in [-0.4, -0.2) is 46.2 Å². The van der Waals surface area contributed by atoms with Crippen LogP contribution in [0, 0.1) is 0 Å². The number of aliphatic imine (C=N–C) groups is 1. The van der Waals surface area contributed by atoms with Gasteiger partial charge < -0.3 is 9.33 Å². The van der Waals surface area contributed by atoms with Crippen molar-refractivity contribution in [3.63, 3.8) is 0 Å². The van der Waals surface area contributed by atoms with Gasteiger partial charge in [-0.3, -0.25) is 4.99 Å². The molecule has 4 heteroatoms. The van der Waals surface area contributed by atoms with Gasteiger partial charge in [-0.05, 0) is 32.2 Å². The maximum Gasteiger partial charge on any atom is 0.162 e. The Morgan fingerprint density at radius 2 is 2.19 bits per heavy atom. The lowest BCUT2D eigenvalue weighted by Gasteiger charge is -2.28. The average Bonchev–Trinajstić information content (AvgIpc) is 2.81. The van der Waals surface area contributed by atoms with Crippen molar-refractivity contribution in [3.8, 4) is 0 Å². The Balaban J connectivity index is 2.00. The SMILES string of the molecule is CCC(C)(CC)O[SiH2]CCCN1C=NCC1. The fourth-order valence-electron chi connectivity index (χ4n) is 1.78. The summed E-state index contributed by atoms with van der Waals surface area (Å²) in [5, 5.41) is 0. The topological polar surface area (TPSA) is 24.8 Å². The Morgan fingerprint density at radius 3 is 2.75 bits per heavy atom. The summed E-state index contributed by atoms with van der Waals surface area (Å²) in [5.41, 5.74) is 0.154. The summed E-state index contributed by atoms with van der Waals surface area (Å²) < 4.78 is 6.08. The Morgan fingerprint density at radius 1 is 1.44 bits per heavy atom. The minimum absolute atomic E-state index is 0.154. The van der Waals surface area contributed by atoms with E-state index in [9.17, 15) is 0 Å². The van der Waals surface area contributed by atoms with Gasteiger partial charge in [-0.25, -0.2) is 0 Å². The van der Waals surface area contributed by atoms with E-state index in [0.717, 1.165) is 32.5 Å². The molecule has 0 spiro atoms. The van der Waals surface area contributed by atoms with Crippen molar-refractivity contribution in [1.29, 1.82) is 0 Å². The molecule has 1 rings (SSSR count). The molecule has 0 aromatic heterocycles. The van der Waals surface area contributed by atoms with E-state index in [4.69, 9.17) is 4.43 Å². The highest BCUT2D eigenvalue weighted by Gasteiger charge is 2.18. The highest BCUT2D eigenvalue weighted by atomic mass is 28.2. The highest BCUT2D eigenvalue weighted by molar-refractivity contribution is 6.27. The van der Waals surface area contributed by atoms with Crippen molar-refractivity contribution < 1.29 is 4.43 Å². The summed E-state index contributed by atoms with van der Waals surface area (Å²) in [5.74, 6) is 0. The zero-order chi connectivity index (χ0) is 11.9. The van der Waals surface area contributed by atoms with Crippen LogP contribution in [0.25, 0.3) is 0 Å². The van der Waals surface area contributed by atoms with Crippen molar-refractivity contribution >= 4 is 16.1 Å². The lowest BCUT2D eigenvalue weighted by molar-refractivity contribution is 0.0850. The van der Waals surface area contributed by atoms with Crippen LogP contribution >= 0.6 is 0 Å². The van der Waals surface area contributed by atoms with Crippen molar-refractivity contribution in [2.45, 2.75) is 51.7 Å². The highest BCUT2D eigenvalue weighted by Crippen LogP contribution is 2.18. The van der Waals surface area contributed by atoms with Gasteiger partial charge in [0.05, 0.1) is 18.5 Å². The second-order valence-corrected chi connectivity index (χ2v) is 6.17. The van der Waals surface area contributed by atoms with Crippen LogP contribution in [-0.2, 0) is 4.43 Å². The predicted octanol–water partition coefficient (Wildman–Crippen LogP) is 1.82. The zero-order valence-corrected chi connectivity index (χ0v) is 12.5. The molecule has 0 amide bonds. The third-order valence-corrected chi connectivity index (χ3v) is 5.24. The van der Waals surface area contributed by atoms with E-state index in [2.05, 4.69) is 30.7 Å². The van der Waals surface area contributed by atoms with Gasteiger partial charge in [-0.1, -0.05) is 13.8 Å². The Kier molecular flexibility index (Phi) is 6.06.